The molecule has 1 heterocycles. The van der Waals surface area contributed by atoms with Gasteiger partial charge in [-0.2, -0.15) is 0 Å². The number of nitrogens with one attached hydrogen (secondary N) is 2. The molecule has 19 heavy (non-hydrogen) atoms. The lowest BCUT2D eigenvalue weighted by Crippen LogP contribution is -2.32. The molecule has 0 radical (unpaired) electrons. The Morgan fingerprint density at radius 1 is 1.32 bits per heavy atom. The largest absolute Gasteiger partial charge is 0.316 e. The molecule has 2 aliphatic rings. The van der Waals surface area contributed by atoms with Crippen molar-refractivity contribution < 1.29 is 8.42 Å². The lowest BCUT2D eigenvalue weighted by atomic mass is 10.4. The van der Waals surface area contributed by atoms with Gasteiger partial charge in [-0.15, -0.1) is 12.4 Å². The molecular weight excluding hydrogens is 375 g/mol. The molecule has 3 rings (SSSR count). The van der Waals surface area contributed by atoms with Gasteiger partial charge in [0.15, 0.2) is 0 Å². The predicted molar refractivity (Wildman–Crippen MR) is 80.4 cm³/mol. The van der Waals surface area contributed by atoms with Gasteiger partial charge < -0.3 is 5.32 Å². The van der Waals surface area contributed by atoms with Crippen molar-refractivity contribution in [3.8, 4) is 0 Å². The van der Waals surface area contributed by atoms with E-state index in [0.717, 1.165) is 13.1 Å². The first kappa shape index (κ1) is 15.5. The van der Waals surface area contributed by atoms with Gasteiger partial charge in [0.2, 0.25) is 10.0 Å². The summed E-state index contributed by atoms with van der Waals surface area (Å²) in [5.41, 5.74) is 0. The second-order valence-corrected chi connectivity index (χ2v) is 7.68. The molecule has 4 nitrogen and oxygen atoms in total. The number of hydrogen-bond donors (Lipinski definition) is 2. The minimum absolute atomic E-state index is 0. The van der Waals surface area contributed by atoms with Gasteiger partial charge in [-0.1, -0.05) is 11.6 Å². The van der Waals surface area contributed by atoms with Crippen LogP contribution in [0, 0.1) is 11.8 Å². The Bertz CT molecular complexity index is 586. The van der Waals surface area contributed by atoms with Crippen LogP contribution in [0.3, 0.4) is 0 Å². The second-order valence-electron chi connectivity index (χ2n) is 4.71. The van der Waals surface area contributed by atoms with Gasteiger partial charge in [0.05, 0.1) is 9.92 Å². The van der Waals surface area contributed by atoms with E-state index in [1.807, 2.05) is 0 Å². The van der Waals surface area contributed by atoms with Crippen molar-refractivity contribution in [2.45, 2.75) is 10.9 Å². The third-order valence-electron chi connectivity index (χ3n) is 3.58. The first-order chi connectivity index (χ1) is 8.49. The van der Waals surface area contributed by atoms with Crippen molar-refractivity contribution in [3.05, 3.63) is 27.7 Å². The minimum Gasteiger partial charge on any atom is -0.316 e. The molecule has 1 aliphatic carbocycles. The minimum atomic E-state index is -3.44. The Kier molecular flexibility index (Phi) is 4.50. The van der Waals surface area contributed by atoms with Crippen LogP contribution >= 0.6 is 39.9 Å². The topological polar surface area (TPSA) is 58.2 Å². The molecular formula is C11H13BrCl2N2O2S. The van der Waals surface area contributed by atoms with Crippen LogP contribution in [0.25, 0.3) is 0 Å². The lowest BCUT2D eigenvalue weighted by Gasteiger charge is -2.09. The molecule has 2 fully saturated rings. The maximum atomic E-state index is 12.2. The van der Waals surface area contributed by atoms with Crippen molar-refractivity contribution in [1.29, 1.82) is 0 Å². The molecule has 1 aromatic carbocycles. The smallest absolute Gasteiger partial charge is 0.240 e. The van der Waals surface area contributed by atoms with E-state index < -0.39 is 10.0 Å². The number of piperidine rings is 1. The number of halogens is 3. The fourth-order valence-corrected chi connectivity index (χ4v) is 4.50. The Labute approximate surface area is 131 Å². The van der Waals surface area contributed by atoms with E-state index in [2.05, 4.69) is 26.0 Å². The summed E-state index contributed by atoms with van der Waals surface area (Å²) in [6.07, 6.45) is 0. The third-order valence-corrected chi connectivity index (χ3v) is 6.26. The standard InChI is InChI=1S/C11H12BrClN2O2S.ClH/c12-9-3-6(1-2-10(9)13)18(16,17)15-11-7-4-14-5-8(7)11;/h1-3,7-8,11,14-15H,4-5H2;1H. The average Bonchev–Trinajstić information content (AvgIpc) is 2.77. The SMILES string of the molecule is Cl.O=S(=O)(NC1C2CNCC21)c1ccc(Cl)c(Br)c1. The molecule has 2 N–H and O–H groups in total. The van der Waals surface area contributed by atoms with Crippen LogP contribution in [0.15, 0.2) is 27.6 Å². The molecule has 106 valence electrons. The molecule has 8 heteroatoms. The lowest BCUT2D eigenvalue weighted by molar-refractivity contribution is 0.565. The third kappa shape index (κ3) is 2.94. The number of sulfonamides is 1. The summed E-state index contributed by atoms with van der Waals surface area (Å²) < 4.78 is 27.7. The van der Waals surface area contributed by atoms with Crippen LogP contribution in [0.4, 0.5) is 0 Å². The summed E-state index contributed by atoms with van der Waals surface area (Å²) in [6, 6.07) is 4.72. The van der Waals surface area contributed by atoms with E-state index in [1.54, 1.807) is 6.07 Å². The van der Waals surface area contributed by atoms with Crippen molar-refractivity contribution in [2.24, 2.45) is 11.8 Å². The van der Waals surface area contributed by atoms with Gasteiger partial charge in [0.25, 0.3) is 0 Å². The summed E-state index contributed by atoms with van der Waals surface area (Å²) in [5, 5.41) is 3.74. The Morgan fingerprint density at radius 3 is 2.53 bits per heavy atom. The van der Waals surface area contributed by atoms with Crippen molar-refractivity contribution in [2.75, 3.05) is 13.1 Å². The van der Waals surface area contributed by atoms with Gasteiger partial charge >= 0.3 is 0 Å². The summed E-state index contributed by atoms with van der Waals surface area (Å²) in [7, 11) is -3.44. The number of benzene rings is 1. The van der Waals surface area contributed by atoms with Crippen LogP contribution in [-0.2, 0) is 10.0 Å². The molecule has 1 saturated heterocycles. The molecule has 1 aromatic rings. The predicted octanol–water partition coefficient (Wildman–Crippen LogP) is 2.02. The molecule has 2 unspecified atom stereocenters. The summed E-state index contributed by atoms with van der Waals surface area (Å²) in [4.78, 5) is 0.247. The second kappa shape index (κ2) is 5.50. The quantitative estimate of drug-likeness (QED) is 0.834. The van der Waals surface area contributed by atoms with E-state index in [4.69, 9.17) is 11.6 Å². The van der Waals surface area contributed by atoms with E-state index in [0.29, 0.717) is 21.3 Å². The first-order valence-electron chi connectivity index (χ1n) is 5.67. The van der Waals surface area contributed by atoms with Gasteiger partial charge in [0.1, 0.15) is 0 Å². The fourth-order valence-electron chi connectivity index (χ4n) is 2.48. The zero-order valence-corrected chi connectivity index (χ0v) is 13.7. The van der Waals surface area contributed by atoms with Gasteiger partial charge in [-0.05, 0) is 59.1 Å². The first-order valence-corrected chi connectivity index (χ1v) is 8.32. The van der Waals surface area contributed by atoms with E-state index in [9.17, 15) is 8.42 Å². The summed E-state index contributed by atoms with van der Waals surface area (Å²) >= 11 is 9.09. The maximum absolute atomic E-state index is 12.2. The number of hydrogen-bond acceptors (Lipinski definition) is 3. The van der Waals surface area contributed by atoms with Crippen LogP contribution in [0.1, 0.15) is 0 Å². The Morgan fingerprint density at radius 2 is 1.95 bits per heavy atom. The monoisotopic (exact) mass is 386 g/mol. The molecule has 0 bridgehead atoms. The van der Waals surface area contributed by atoms with Gasteiger partial charge in [-0.25, -0.2) is 13.1 Å². The normalized spacial score (nSPS) is 28.6. The molecule has 1 saturated carbocycles. The summed E-state index contributed by atoms with van der Waals surface area (Å²) in [5.74, 6) is 0.908. The Balaban J connectivity index is 0.00000133. The van der Waals surface area contributed by atoms with Crippen LogP contribution in [0.2, 0.25) is 5.02 Å². The highest BCUT2D eigenvalue weighted by atomic mass is 79.9. The van der Waals surface area contributed by atoms with E-state index >= 15 is 0 Å². The van der Waals surface area contributed by atoms with Crippen LogP contribution in [-0.4, -0.2) is 27.5 Å². The zero-order valence-electron chi connectivity index (χ0n) is 9.77. The average molecular weight is 388 g/mol. The summed E-state index contributed by atoms with van der Waals surface area (Å²) in [6.45, 7) is 1.81. The maximum Gasteiger partial charge on any atom is 0.240 e. The number of fused-ring (bicyclic) bond motifs is 1. The van der Waals surface area contributed by atoms with Crippen LogP contribution < -0.4 is 10.0 Å². The Hall–Kier alpha value is 0.150. The highest BCUT2D eigenvalue weighted by molar-refractivity contribution is 9.10. The highest BCUT2D eigenvalue weighted by Gasteiger charge is 2.54. The fraction of sp³-hybridized carbons (Fsp3) is 0.455. The van der Waals surface area contributed by atoms with Gasteiger partial charge in [-0.3, -0.25) is 0 Å². The van der Waals surface area contributed by atoms with Gasteiger partial charge in [0, 0.05) is 10.5 Å². The van der Waals surface area contributed by atoms with Crippen molar-refractivity contribution in [3.63, 3.8) is 0 Å². The molecule has 0 aromatic heterocycles. The van der Waals surface area contributed by atoms with E-state index in [-0.39, 0.29) is 23.3 Å². The van der Waals surface area contributed by atoms with E-state index in [1.165, 1.54) is 12.1 Å². The molecule has 0 amide bonds. The number of rotatable bonds is 3. The zero-order chi connectivity index (χ0) is 12.9. The van der Waals surface area contributed by atoms with Crippen molar-refractivity contribution in [1.82, 2.24) is 10.0 Å². The molecule has 1 aliphatic heterocycles. The highest BCUT2D eigenvalue weighted by Crippen LogP contribution is 2.42. The molecule has 2 atom stereocenters. The van der Waals surface area contributed by atoms with Crippen LogP contribution in [0.5, 0.6) is 0 Å². The van der Waals surface area contributed by atoms with Crippen molar-refractivity contribution >= 4 is 50.0 Å². The molecule has 0 spiro atoms.